The van der Waals surface area contributed by atoms with Crippen LogP contribution in [0.25, 0.3) is 0 Å². The molecule has 4 rings (SSSR count). The Morgan fingerprint density at radius 2 is 1.96 bits per heavy atom. The molecule has 1 saturated heterocycles. The van der Waals surface area contributed by atoms with Crippen LogP contribution < -0.4 is 5.32 Å². The lowest BCUT2D eigenvalue weighted by Gasteiger charge is -2.46. The molecule has 3 aliphatic rings. The molecule has 1 saturated carbocycles. The molecular weight excluding hydrogens is 352 g/mol. The number of rotatable bonds is 2. The fourth-order valence-corrected chi connectivity index (χ4v) is 5.57. The number of fused-ring (bicyclic) bond motifs is 3. The number of carbonyl (C=O) groups is 2. The third-order valence-corrected chi connectivity index (χ3v) is 6.90. The molecule has 1 aromatic carbocycles. The van der Waals surface area contributed by atoms with Crippen LogP contribution in [0.4, 0.5) is 4.79 Å². The number of urea groups is 1. The van der Waals surface area contributed by atoms with Crippen molar-refractivity contribution < 1.29 is 14.3 Å². The summed E-state index contributed by atoms with van der Waals surface area (Å²) in [5.74, 6) is 5.93. The van der Waals surface area contributed by atoms with Crippen LogP contribution in [0.3, 0.4) is 0 Å². The number of nitrogens with zero attached hydrogens (tertiary/aromatic N) is 1. The van der Waals surface area contributed by atoms with Gasteiger partial charge in [-0.05, 0) is 76.1 Å². The van der Waals surface area contributed by atoms with Crippen LogP contribution in [0.1, 0.15) is 63.1 Å². The molecule has 1 heterocycles. The van der Waals surface area contributed by atoms with E-state index in [0.717, 1.165) is 48.8 Å². The molecule has 28 heavy (non-hydrogen) atoms. The Kier molecular flexibility index (Phi) is 4.50. The Morgan fingerprint density at radius 1 is 1.25 bits per heavy atom. The number of amides is 3. The van der Waals surface area contributed by atoms with Crippen molar-refractivity contribution in [2.45, 2.75) is 70.6 Å². The van der Waals surface area contributed by atoms with Gasteiger partial charge in [0.2, 0.25) is 0 Å². The second-order valence-electron chi connectivity index (χ2n) is 8.59. The lowest BCUT2D eigenvalue weighted by molar-refractivity contribution is -0.139. The molecule has 2 spiro atoms. The number of methoxy groups -OCH3 is 1. The summed E-state index contributed by atoms with van der Waals surface area (Å²) in [5.41, 5.74) is 1.67. The Labute approximate surface area is 166 Å². The molecule has 5 heteroatoms. The van der Waals surface area contributed by atoms with Gasteiger partial charge < -0.3 is 10.1 Å². The number of carbonyl (C=O) groups excluding carboxylic acids is 2. The number of hydrogen-bond acceptors (Lipinski definition) is 3. The van der Waals surface area contributed by atoms with Crippen LogP contribution in [-0.2, 0) is 21.5 Å². The highest BCUT2D eigenvalue weighted by molar-refractivity contribution is 6.09. The summed E-state index contributed by atoms with van der Waals surface area (Å²) < 4.78 is 5.58. The molecule has 0 aromatic heterocycles. The van der Waals surface area contributed by atoms with E-state index in [2.05, 4.69) is 23.2 Å². The summed E-state index contributed by atoms with van der Waals surface area (Å²) in [7, 11) is 1.75. The summed E-state index contributed by atoms with van der Waals surface area (Å²) in [5, 5.41) is 3.18. The minimum Gasteiger partial charge on any atom is -0.381 e. The van der Waals surface area contributed by atoms with E-state index in [1.54, 1.807) is 14.0 Å². The maximum Gasteiger partial charge on any atom is 0.325 e. The lowest BCUT2D eigenvalue weighted by Crippen LogP contribution is -2.57. The van der Waals surface area contributed by atoms with Gasteiger partial charge in [-0.3, -0.25) is 9.69 Å². The van der Waals surface area contributed by atoms with Gasteiger partial charge in [-0.25, -0.2) is 4.79 Å². The van der Waals surface area contributed by atoms with Crippen molar-refractivity contribution in [2.24, 2.45) is 5.41 Å². The molecular formula is C23H28N2O3. The van der Waals surface area contributed by atoms with Crippen LogP contribution in [0.2, 0.25) is 0 Å². The van der Waals surface area contributed by atoms with E-state index < -0.39 is 5.54 Å². The van der Waals surface area contributed by atoms with Gasteiger partial charge >= 0.3 is 6.03 Å². The van der Waals surface area contributed by atoms with E-state index in [-0.39, 0.29) is 29.5 Å². The maximum absolute atomic E-state index is 13.8. The summed E-state index contributed by atoms with van der Waals surface area (Å²) >= 11 is 0. The van der Waals surface area contributed by atoms with Crippen molar-refractivity contribution >= 4 is 11.9 Å². The molecule has 2 aliphatic carbocycles. The highest BCUT2D eigenvalue weighted by atomic mass is 16.5. The van der Waals surface area contributed by atoms with Gasteiger partial charge in [0.15, 0.2) is 5.54 Å². The zero-order valence-electron chi connectivity index (χ0n) is 17.1. The van der Waals surface area contributed by atoms with E-state index in [1.807, 2.05) is 26.0 Å². The first-order chi connectivity index (χ1) is 13.4. The molecule has 2 fully saturated rings. The average Bonchev–Trinajstić information content (AvgIpc) is 3.09. The van der Waals surface area contributed by atoms with Crippen molar-refractivity contribution in [3.05, 3.63) is 34.9 Å². The topological polar surface area (TPSA) is 58.6 Å². The van der Waals surface area contributed by atoms with E-state index in [4.69, 9.17) is 4.74 Å². The van der Waals surface area contributed by atoms with Crippen molar-refractivity contribution in [3.63, 3.8) is 0 Å². The van der Waals surface area contributed by atoms with E-state index >= 15 is 0 Å². The van der Waals surface area contributed by atoms with Gasteiger partial charge in [0.25, 0.3) is 5.91 Å². The molecule has 1 atom stereocenters. The van der Waals surface area contributed by atoms with Crippen LogP contribution in [0.5, 0.6) is 0 Å². The molecule has 1 N–H and O–H groups in total. The SMILES string of the molecule is CC#Cc1ccc2c(c1)C1(NC(=O)N(C(C)C)C1=O)C1(CCC(OC)CC1)C2. The second kappa shape index (κ2) is 6.63. The summed E-state index contributed by atoms with van der Waals surface area (Å²) in [4.78, 5) is 28.1. The molecule has 1 aliphatic heterocycles. The molecule has 148 valence electrons. The Hall–Kier alpha value is -2.32. The lowest BCUT2D eigenvalue weighted by atomic mass is 9.61. The summed E-state index contributed by atoms with van der Waals surface area (Å²) in [6, 6.07) is 5.66. The average molecular weight is 380 g/mol. The number of ether oxygens (including phenoxy) is 1. The van der Waals surface area contributed by atoms with Crippen LogP contribution >= 0.6 is 0 Å². The first-order valence-corrected chi connectivity index (χ1v) is 10.1. The third kappa shape index (κ3) is 2.44. The zero-order valence-corrected chi connectivity index (χ0v) is 17.1. The van der Waals surface area contributed by atoms with Gasteiger partial charge in [0.05, 0.1) is 6.10 Å². The molecule has 1 unspecified atom stereocenters. The van der Waals surface area contributed by atoms with Crippen LogP contribution in [0, 0.1) is 17.3 Å². The fourth-order valence-electron chi connectivity index (χ4n) is 5.57. The molecule has 5 nitrogen and oxygen atoms in total. The first kappa shape index (κ1) is 19.0. The fraction of sp³-hybridized carbons (Fsp3) is 0.565. The number of hydrogen-bond donors (Lipinski definition) is 1. The van der Waals surface area contributed by atoms with E-state index in [1.165, 1.54) is 4.90 Å². The predicted molar refractivity (Wildman–Crippen MR) is 107 cm³/mol. The van der Waals surface area contributed by atoms with Crippen molar-refractivity contribution in [1.29, 1.82) is 0 Å². The summed E-state index contributed by atoms with van der Waals surface area (Å²) in [6.45, 7) is 5.58. The maximum atomic E-state index is 13.8. The largest absolute Gasteiger partial charge is 0.381 e. The van der Waals surface area contributed by atoms with E-state index in [0.29, 0.717) is 0 Å². The number of imide groups is 1. The van der Waals surface area contributed by atoms with Gasteiger partial charge in [-0.15, -0.1) is 5.92 Å². The minimum atomic E-state index is -0.992. The van der Waals surface area contributed by atoms with Gasteiger partial charge in [0, 0.05) is 24.1 Å². The monoisotopic (exact) mass is 380 g/mol. The van der Waals surface area contributed by atoms with Crippen molar-refractivity contribution in [3.8, 4) is 11.8 Å². The molecule has 0 radical (unpaired) electrons. The predicted octanol–water partition coefficient (Wildman–Crippen LogP) is 3.35. The Morgan fingerprint density at radius 3 is 2.54 bits per heavy atom. The van der Waals surface area contributed by atoms with Gasteiger partial charge in [0.1, 0.15) is 0 Å². The van der Waals surface area contributed by atoms with Gasteiger partial charge in [-0.2, -0.15) is 0 Å². The number of benzene rings is 1. The Balaban J connectivity index is 1.88. The van der Waals surface area contributed by atoms with Crippen LogP contribution in [0.15, 0.2) is 18.2 Å². The molecule has 0 bridgehead atoms. The third-order valence-electron chi connectivity index (χ3n) is 6.90. The van der Waals surface area contributed by atoms with Crippen molar-refractivity contribution in [2.75, 3.05) is 7.11 Å². The highest BCUT2D eigenvalue weighted by Crippen LogP contribution is 2.60. The molecule has 1 aromatic rings. The summed E-state index contributed by atoms with van der Waals surface area (Å²) in [6.07, 6.45) is 4.54. The van der Waals surface area contributed by atoms with Crippen LogP contribution in [-0.4, -0.2) is 36.1 Å². The van der Waals surface area contributed by atoms with Crippen molar-refractivity contribution in [1.82, 2.24) is 10.2 Å². The smallest absolute Gasteiger partial charge is 0.325 e. The highest BCUT2D eigenvalue weighted by Gasteiger charge is 2.68. The molecule has 3 amide bonds. The quantitative estimate of drug-likeness (QED) is 0.632. The zero-order chi connectivity index (χ0) is 20.1. The standard InChI is InChI=1S/C23H28N2O3/c1-5-6-16-7-8-17-14-22(11-9-18(28-4)10-12-22)23(19(17)13-16)20(26)25(15(2)3)21(27)24-23/h7-8,13,15,18H,9-12,14H2,1-4H3,(H,24,27). The normalized spacial score (nSPS) is 31.3. The Bertz CT molecular complexity index is 887. The second-order valence-corrected chi connectivity index (χ2v) is 8.59. The number of nitrogens with one attached hydrogen (secondary N) is 1. The van der Waals surface area contributed by atoms with E-state index in [9.17, 15) is 9.59 Å². The minimum absolute atomic E-state index is 0.108. The van der Waals surface area contributed by atoms with Gasteiger partial charge in [-0.1, -0.05) is 12.0 Å². The first-order valence-electron chi connectivity index (χ1n) is 10.1.